The first kappa shape index (κ1) is 15.0. The highest BCUT2D eigenvalue weighted by Gasteiger charge is 2.19. The zero-order valence-electron chi connectivity index (χ0n) is 12.4. The summed E-state index contributed by atoms with van der Waals surface area (Å²) < 4.78 is 0. The average molecular weight is 240 g/mol. The molecule has 1 N–H and O–H groups in total. The van der Waals surface area contributed by atoms with Crippen molar-refractivity contribution in [2.45, 2.75) is 53.4 Å². The molecule has 2 heteroatoms. The fraction of sp³-hybridized carbons (Fsp3) is 1.00. The van der Waals surface area contributed by atoms with Crippen LogP contribution in [0.4, 0.5) is 0 Å². The van der Waals surface area contributed by atoms with E-state index in [1.54, 1.807) is 0 Å². The van der Waals surface area contributed by atoms with E-state index >= 15 is 0 Å². The molecule has 0 aliphatic heterocycles. The molecular formula is C15H32N2. The van der Waals surface area contributed by atoms with Gasteiger partial charge in [-0.05, 0) is 43.7 Å². The maximum Gasteiger partial charge on any atom is 0.0107 e. The number of nitrogens with one attached hydrogen (secondary N) is 1. The van der Waals surface area contributed by atoms with Crippen molar-refractivity contribution in [3.05, 3.63) is 0 Å². The van der Waals surface area contributed by atoms with E-state index in [0.29, 0.717) is 5.41 Å². The van der Waals surface area contributed by atoms with Crippen LogP contribution in [0.2, 0.25) is 0 Å². The summed E-state index contributed by atoms with van der Waals surface area (Å²) in [6.07, 6.45) is 5.66. The predicted molar refractivity (Wildman–Crippen MR) is 76.4 cm³/mol. The van der Waals surface area contributed by atoms with Crippen LogP contribution in [0.1, 0.15) is 53.4 Å². The lowest BCUT2D eigenvalue weighted by atomic mass is 9.85. The van der Waals surface area contributed by atoms with Crippen LogP contribution in [0.25, 0.3) is 0 Å². The summed E-state index contributed by atoms with van der Waals surface area (Å²) in [5, 5.41) is 3.57. The summed E-state index contributed by atoms with van der Waals surface area (Å²) in [5.41, 5.74) is 0.462. The fourth-order valence-corrected chi connectivity index (χ4v) is 2.24. The molecule has 17 heavy (non-hydrogen) atoms. The van der Waals surface area contributed by atoms with Gasteiger partial charge in [0.1, 0.15) is 0 Å². The van der Waals surface area contributed by atoms with Crippen LogP contribution in [-0.2, 0) is 0 Å². The molecule has 1 saturated carbocycles. The topological polar surface area (TPSA) is 15.3 Å². The molecule has 1 aliphatic carbocycles. The molecule has 0 aromatic carbocycles. The molecule has 0 bridgehead atoms. The van der Waals surface area contributed by atoms with Gasteiger partial charge >= 0.3 is 0 Å². The highest BCUT2D eigenvalue weighted by Crippen LogP contribution is 2.26. The Morgan fingerprint density at radius 2 is 1.88 bits per heavy atom. The zero-order valence-corrected chi connectivity index (χ0v) is 12.4. The molecule has 0 aromatic rings. The Labute approximate surface area is 108 Å². The Morgan fingerprint density at radius 1 is 1.18 bits per heavy atom. The Hall–Kier alpha value is -0.0800. The van der Waals surface area contributed by atoms with Crippen molar-refractivity contribution in [3.8, 4) is 0 Å². The van der Waals surface area contributed by atoms with E-state index in [1.807, 2.05) is 0 Å². The molecule has 0 saturated heterocycles. The monoisotopic (exact) mass is 240 g/mol. The molecule has 1 rings (SSSR count). The predicted octanol–water partition coefficient (Wildman–Crippen LogP) is 3.13. The van der Waals surface area contributed by atoms with Crippen LogP contribution in [0.15, 0.2) is 0 Å². The maximum absolute atomic E-state index is 3.57. The standard InChI is InChI=1S/C15H32N2/c1-5-17(13-14-7-6-8-14)12-11-16-10-9-15(2,3)4/h14,16H,5-13H2,1-4H3. The lowest BCUT2D eigenvalue weighted by Gasteiger charge is -2.31. The molecule has 1 fully saturated rings. The van der Waals surface area contributed by atoms with Crippen LogP contribution in [0.5, 0.6) is 0 Å². The van der Waals surface area contributed by atoms with Crippen LogP contribution in [0.3, 0.4) is 0 Å². The van der Waals surface area contributed by atoms with E-state index in [4.69, 9.17) is 0 Å². The van der Waals surface area contributed by atoms with Gasteiger partial charge in [0, 0.05) is 19.6 Å². The molecule has 1 aliphatic rings. The minimum absolute atomic E-state index is 0.462. The maximum atomic E-state index is 3.57. The number of likely N-dealkylation sites (N-methyl/N-ethyl adjacent to an activating group) is 1. The van der Waals surface area contributed by atoms with Crippen LogP contribution < -0.4 is 5.32 Å². The van der Waals surface area contributed by atoms with Gasteiger partial charge < -0.3 is 10.2 Å². The zero-order chi connectivity index (χ0) is 12.7. The third-order valence-corrected chi connectivity index (χ3v) is 3.84. The highest BCUT2D eigenvalue weighted by atomic mass is 15.1. The van der Waals surface area contributed by atoms with Crippen LogP contribution in [-0.4, -0.2) is 37.6 Å². The third-order valence-electron chi connectivity index (χ3n) is 3.84. The SMILES string of the molecule is CCN(CCNCCC(C)(C)C)CC1CCC1. The molecule has 0 aromatic heterocycles. The lowest BCUT2D eigenvalue weighted by Crippen LogP contribution is -2.37. The second-order valence-corrected chi connectivity index (χ2v) is 6.75. The van der Waals surface area contributed by atoms with Gasteiger partial charge in [0.05, 0.1) is 0 Å². The Kier molecular flexibility index (Phi) is 6.50. The molecule has 2 nitrogen and oxygen atoms in total. The summed E-state index contributed by atoms with van der Waals surface area (Å²) in [4.78, 5) is 2.61. The Bertz CT molecular complexity index is 192. The van der Waals surface area contributed by atoms with Crippen molar-refractivity contribution in [3.63, 3.8) is 0 Å². The number of nitrogens with zero attached hydrogens (tertiary/aromatic N) is 1. The Balaban J connectivity index is 1.99. The lowest BCUT2D eigenvalue weighted by molar-refractivity contribution is 0.184. The number of rotatable bonds is 8. The Morgan fingerprint density at radius 3 is 2.35 bits per heavy atom. The van der Waals surface area contributed by atoms with E-state index in [9.17, 15) is 0 Å². The molecule has 0 atom stereocenters. The van der Waals surface area contributed by atoms with E-state index in [1.165, 1.54) is 45.3 Å². The smallest absolute Gasteiger partial charge is 0.0107 e. The third kappa shape index (κ3) is 7.05. The van der Waals surface area contributed by atoms with E-state index in [2.05, 4.69) is 37.9 Å². The number of hydrogen-bond donors (Lipinski definition) is 1. The van der Waals surface area contributed by atoms with E-state index in [-0.39, 0.29) is 0 Å². The first-order valence-corrected chi connectivity index (χ1v) is 7.44. The molecule has 102 valence electrons. The first-order chi connectivity index (χ1) is 8.01. The van der Waals surface area contributed by atoms with Crippen molar-refractivity contribution >= 4 is 0 Å². The van der Waals surface area contributed by atoms with Crippen LogP contribution >= 0.6 is 0 Å². The van der Waals surface area contributed by atoms with Gasteiger partial charge in [-0.2, -0.15) is 0 Å². The normalized spacial score (nSPS) is 17.5. The highest BCUT2D eigenvalue weighted by molar-refractivity contribution is 4.74. The fourth-order valence-electron chi connectivity index (χ4n) is 2.24. The minimum Gasteiger partial charge on any atom is -0.315 e. The average Bonchev–Trinajstić information content (AvgIpc) is 2.17. The summed E-state index contributed by atoms with van der Waals surface area (Å²) >= 11 is 0. The van der Waals surface area contributed by atoms with Crippen molar-refractivity contribution in [2.75, 3.05) is 32.7 Å². The van der Waals surface area contributed by atoms with Gasteiger partial charge in [0.2, 0.25) is 0 Å². The number of hydrogen-bond acceptors (Lipinski definition) is 2. The van der Waals surface area contributed by atoms with Gasteiger partial charge in [-0.1, -0.05) is 34.1 Å². The first-order valence-electron chi connectivity index (χ1n) is 7.44. The molecule has 0 spiro atoms. The van der Waals surface area contributed by atoms with Crippen LogP contribution in [0, 0.1) is 11.3 Å². The summed E-state index contributed by atoms with van der Waals surface area (Å²) in [6.45, 7) is 15.3. The van der Waals surface area contributed by atoms with Gasteiger partial charge in [-0.3, -0.25) is 0 Å². The van der Waals surface area contributed by atoms with Gasteiger partial charge in [0.15, 0.2) is 0 Å². The van der Waals surface area contributed by atoms with Gasteiger partial charge in [-0.15, -0.1) is 0 Å². The van der Waals surface area contributed by atoms with Crippen molar-refractivity contribution in [1.82, 2.24) is 10.2 Å². The summed E-state index contributed by atoms with van der Waals surface area (Å²) in [7, 11) is 0. The van der Waals surface area contributed by atoms with Gasteiger partial charge in [0.25, 0.3) is 0 Å². The second-order valence-electron chi connectivity index (χ2n) is 6.75. The van der Waals surface area contributed by atoms with E-state index < -0.39 is 0 Å². The molecule has 0 heterocycles. The summed E-state index contributed by atoms with van der Waals surface area (Å²) in [6, 6.07) is 0. The summed E-state index contributed by atoms with van der Waals surface area (Å²) in [5.74, 6) is 1.00. The van der Waals surface area contributed by atoms with Crippen molar-refractivity contribution in [2.24, 2.45) is 11.3 Å². The van der Waals surface area contributed by atoms with Crippen molar-refractivity contribution in [1.29, 1.82) is 0 Å². The van der Waals surface area contributed by atoms with Crippen molar-refractivity contribution < 1.29 is 0 Å². The second kappa shape index (κ2) is 7.38. The minimum atomic E-state index is 0.462. The molecule has 0 unspecified atom stereocenters. The molecule has 0 amide bonds. The largest absolute Gasteiger partial charge is 0.315 e. The molecular weight excluding hydrogens is 208 g/mol. The molecule has 0 radical (unpaired) electrons. The quantitative estimate of drug-likeness (QED) is 0.656. The van der Waals surface area contributed by atoms with Gasteiger partial charge in [-0.25, -0.2) is 0 Å². The van der Waals surface area contributed by atoms with E-state index in [0.717, 1.165) is 19.0 Å².